The number of amidine groups is 1. The first-order chi connectivity index (χ1) is 14.0. The van der Waals surface area contributed by atoms with E-state index in [1.807, 2.05) is 53.4 Å². The number of fused-ring (bicyclic) bond motifs is 1. The van der Waals surface area contributed by atoms with Crippen molar-refractivity contribution in [1.29, 1.82) is 0 Å². The van der Waals surface area contributed by atoms with Gasteiger partial charge in [-0.1, -0.05) is 18.2 Å². The molecule has 0 aromatic heterocycles. The Morgan fingerprint density at radius 3 is 2.41 bits per heavy atom. The first-order valence-electron chi connectivity index (χ1n) is 9.84. The van der Waals surface area contributed by atoms with E-state index in [-0.39, 0.29) is 11.8 Å². The number of hydrogen-bond donors (Lipinski definition) is 2. The molecule has 0 bridgehead atoms. The van der Waals surface area contributed by atoms with E-state index in [1.54, 1.807) is 7.05 Å². The average Bonchev–Trinajstić information content (AvgIpc) is 3.22. The lowest BCUT2D eigenvalue weighted by molar-refractivity contribution is -0.117. The molecule has 0 unspecified atom stereocenters. The SMILES string of the molecule is CNC(=O)C1=Cc2cc(-c3ccc(C(=O)N4CCCC4)cc3)ccc2N=C(N)C1. The highest BCUT2D eigenvalue weighted by atomic mass is 16.2. The Labute approximate surface area is 170 Å². The molecule has 6 nitrogen and oxygen atoms in total. The molecule has 6 heteroatoms. The second-order valence-corrected chi connectivity index (χ2v) is 7.38. The van der Waals surface area contributed by atoms with E-state index in [2.05, 4.69) is 10.3 Å². The lowest BCUT2D eigenvalue weighted by atomic mass is 9.99. The van der Waals surface area contributed by atoms with Crippen LogP contribution in [0.5, 0.6) is 0 Å². The van der Waals surface area contributed by atoms with Gasteiger partial charge >= 0.3 is 0 Å². The van der Waals surface area contributed by atoms with Crippen LogP contribution < -0.4 is 11.1 Å². The van der Waals surface area contributed by atoms with Crippen molar-refractivity contribution in [3.05, 3.63) is 59.2 Å². The molecule has 0 spiro atoms. The number of nitrogens with zero attached hydrogens (tertiary/aromatic N) is 2. The van der Waals surface area contributed by atoms with Crippen molar-refractivity contribution < 1.29 is 9.59 Å². The van der Waals surface area contributed by atoms with E-state index in [1.165, 1.54) is 0 Å². The summed E-state index contributed by atoms with van der Waals surface area (Å²) in [4.78, 5) is 31.0. The van der Waals surface area contributed by atoms with Gasteiger partial charge in [0.1, 0.15) is 5.84 Å². The number of amides is 2. The number of likely N-dealkylation sites (N-methyl/N-ethyl adjacent to an activating group) is 1. The zero-order chi connectivity index (χ0) is 20.4. The van der Waals surface area contributed by atoms with Crippen molar-refractivity contribution >= 4 is 29.4 Å². The molecule has 0 atom stereocenters. The molecule has 0 aliphatic carbocycles. The van der Waals surface area contributed by atoms with Crippen molar-refractivity contribution in [2.24, 2.45) is 10.7 Å². The van der Waals surface area contributed by atoms with Gasteiger partial charge < -0.3 is 16.0 Å². The molecular weight excluding hydrogens is 364 g/mol. The Hall–Kier alpha value is -3.41. The Balaban J connectivity index is 1.64. The van der Waals surface area contributed by atoms with Gasteiger partial charge in [-0.3, -0.25) is 9.59 Å². The van der Waals surface area contributed by atoms with Crippen LogP contribution in [0.1, 0.15) is 35.2 Å². The summed E-state index contributed by atoms with van der Waals surface area (Å²) in [5.74, 6) is 0.348. The number of aliphatic imine (C=N–C) groups is 1. The number of hydrogen-bond acceptors (Lipinski definition) is 4. The van der Waals surface area contributed by atoms with Crippen LogP contribution in [0.15, 0.2) is 53.0 Å². The Morgan fingerprint density at radius 1 is 1.03 bits per heavy atom. The maximum absolute atomic E-state index is 12.5. The zero-order valence-corrected chi connectivity index (χ0v) is 16.4. The largest absolute Gasteiger partial charge is 0.387 e. The summed E-state index contributed by atoms with van der Waals surface area (Å²) in [7, 11) is 1.60. The summed E-state index contributed by atoms with van der Waals surface area (Å²) < 4.78 is 0. The van der Waals surface area contributed by atoms with Crippen LogP contribution in [-0.2, 0) is 4.79 Å². The normalized spacial score (nSPS) is 15.8. The third kappa shape index (κ3) is 3.92. The molecule has 1 fully saturated rings. The average molecular weight is 388 g/mol. The minimum Gasteiger partial charge on any atom is -0.387 e. The van der Waals surface area contributed by atoms with Gasteiger partial charge in [0, 0.05) is 43.3 Å². The molecular formula is C23H24N4O2. The monoisotopic (exact) mass is 388 g/mol. The molecule has 2 aliphatic heterocycles. The molecule has 2 aromatic rings. The number of carbonyl (C=O) groups is 2. The molecule has 148 valence electrons. The van der Waals surface area contributed by atoms with Gasteiger partial charge in [-0.15, -0.1) is 0 Å². The number of nitrogens with two attached hydrogens (primary N) is 1. The molecule has 1 saturated heterocycles. The van der Waals surface area contributed by atoms with Crippen LogP contribution in [0.3, 0.4) is 0 Å². The summed E-state index contributed by atoms with van der Waals surface area (Å²) in [6, 6.07) is 13.6. The summed E-state index contributed by atoms with van der Waals surface area (Å²) >= 11 is 0. The highest BCUT2D eigenvalue weighted by Gasteiger charge is 2.19. The predicted molar refractivity (Wildman–Crippen MR) is 115 cm³/mol. The van der Waals surface area contributed by atoms with E-state index >= 15 is 0 Å². The van der Waals surface area contributed by atoms with Crippen molar-refractivity contribution in [2.45, 2.75) is 19.3 Å². The number of rotatable bonds is 3. The molecule has 2 aliphatic rings. The van der Waals surface area contributed by atoms with Gasteiger partial charge in [-0.25, -0.2) is 4.99 Å². The first-order valence-corrected chi connectivity index (χ1v) is 9.84. The molecule has 3 N–H and O–H groups in total. The van der Waals surface area contributed by atoms with Crippen LogP contribution in [0.2, 0.25) is 0 Å². The topological polar surface area (TPSA) is 87.8 Å². The van der Waals surface area contributed by atoms with Crippen LogP contribution in [0.4, 0.5) is 5.69 Å². The molecule has 4 rings (SSSR count). The van der Waals surface area contributed by atoms with E-state index in [4.69, 9.17) is 5.73 Å². The van der Waals surface area contributed by atoms with Gasteiger partial charge in [0.2, 0.25) is 5.91 Å². The zero-order valence-electron chi connectivity index (χ0n) is 16.4. The van der Waals surface area contributed by atoms with E-state index in [9.17, 15) is 9.59 Å². The second kappa shape index (κ2) is 7.91. The molecule has 0 saturated carbocycles. The number of nitrogens with one attached hydrogen (secondary N) is 1. The van der Waals surface area contributed by atoms with Crippen LogP contribution in [0.25, 0.3) is 17.2 Å². The Bertz CT molecular complexity index is 1020. The Morgan fingerprint density at radius 2 is 1.72 bits per heavy atom. The van der Waals surface area contributed by atoms with Crippen molar-refractivity contribution in [3.63, 3.8) is 0 Å². The van der Waals surface area contributed by atoms with Crippen LogP contribution in [0, 0.1) is 0 Å². The summed E-state index contributed by atoms with van der Waals surface area (Å²) in [6.45, 7) is 1.68. The van der Waals surface area contributed by atoms with Crippen LogP contribution >= 0.6 is 0 Å². The number of benzene rings is 2. The quantitative estimate of drug-likeness (QED) is 0.847. The first kappa shape index (κ1) is 18.9. The maximum atomic E-state index is 12.5. The van der Waals surface area contributed by atoms with E-state index in [0.29, 0.717) is 23.4 Å². The molecule has 2 aromatic carbocycles. The fourth-order valence-electron chi connectivity index (χ4n) is 3.79. The molecule has 0 radical (unpaired) electrons. The summed E-state index contributed by atoms with van der Waals surface area (Å²) in [6.07, 6.45) is 4.32. The third-order valence-electron chi connectivity index (χ3n) is 5.37. The fourth-order valence-corrected chi connectivity index (χ4v) is 3.79. The summed E-state index contributed by atoms with van der Waals surface area (Å²) in [5.41, 5.74) is 10.8. The van der Waals surface area contributed by atoms with E-state index in [0.717, 1.165) is 48.3 Å². The molecule has 2 heterocycles. The second-order valence-electron chi connectivity index (χ2n) is 7.38. The van der Waals surface area contributed by atoms with Gasteiger partial charge in [0.15, 0.2) is 0 Å². The van der Waals surface area contributed by atoms with Crippen molar-refractivity contribution in [2.75, 3.05) is 20.1 Å². The molecule has 29 heavy (non-hydrogen) atoms. The Kier molecular flexibility index (Phi) is 5.16. The van der Waals surface area contributed by atoms with Gasteiger partial charge in [-0.05, 0) is 54.3 Å². The van der Waals surface area contributed by atoms with Gasteiger partial charge in [-0.2, -0.15) is 0 Å². The summed E-state index contributed by atoms with van der Waals surface area (Å²) in [5, 5.41) is 2.65. The van der Waals surface area contributed by atoms with E-state index < -0.39 is 0 Å². The van der Waals surface area contributed by atoms with Gasteiger partial charge in [0.05, 0.1) is 5.69 Å². The van der Waals surface area contributed by atoms with Crippen LogP contribution in [-0.4, -0.2) is 42.7 Å². The number of carbonyl (C=O) groups excluding carboxylic acids is 2. The lowest BCUT2D eigenvalue weighted by Gasteiger charge is -2.15. The lowest BCUT2D eigenvalue weighted by Crippen LogP contribution is -2.27. The smallest absolute Gasteiger partial charge is 0.253 e. The third-order valence-corrected chi connectivity index (χ3v) is 5.37. The predicted octanol–water partition coefficient (Wildman–Crippen LogP) is 3.11. The number of likely N-dealkylation sites (tertiary alicyclic amines) is 1. The minimum atomic E-state index is -0.161. The van der Waals surface area contributed by atoms with Crippen molar-refractivity contribution in [3.8, 4) is 11.1 Å². The highest BCUT2D eigenvalue weighted by Crippen LogP contribution is 2.31. The molecule has 2 amide bonds. The van der Waals surface area contributed by atoms with Crippen molar-refractivity contribution in [1.82, 2.24) is 10.2 Å². The highest BCUT2D eigenvalue weighted by molar-refractivity contribution is 6.05. The van der Waals surface area contributed by atoms with Gasteiger partial charge in [0.25, 0.3) is 5.91 Å². The standard InChI is InChI=1S/C23H24N4O2/c1-25-22(28)19-13-18-12-17(8-9-20(18)26-21(24)14-19)15-4-6-16(7-5-15)23(29)27-10-2-3-11-27/h4-9,12-13H,2-3,10-11,14H2,1H3,(H2,24,26)(H,25,28). The maximum Gasteiger partial charge on any atom is 0.253 e. The fraction of sp³-hybridized carbons (Fsp3) is 0.261. The minimum absolute atomic E-state index is 0.0962.